The first-order chi connectivity index (χ1) is 15.0. The average molecular weight is 455 g/mol. The number of ether oxygens (including phenoxy) is 1. The fourth-order valence-corrected chi connectivity index (χ4v) is 4.89. The Bertz CT molecular complexity index is 1080. The molecular weight excluding hydrogens is 432 g/mol. The summed E-state index contributed by atoms with van der Waals surface area (Å²) in [5.41, 5.74) is 8.06. The van der Waals surface area contributed by atoms with Gasteiger partial charge in [0.15, 0.2) is 5.78 Å². The van der Waals surface area contributed by atoms with Crippen molar-refractivity contribution in [3.8, 4) is 0 Å². The third-order valence-electron chi connectivity index (χ3n) is 5.47. The minimum atomic E-state index is -0.176. The van der Waals surface area contributed by atoms with Crippen LogP contribution in [0.2, 0.25) is 5.02 Å². The first kappa shape index (κ1) is 21.4. The van der Waals surface area contributed by atoms with Gasteiger partial charge in [-0.05, 0) is 36.6 Å². The first-order valence-corrected chi connectivity index (χ1v) is 11.4. The van der Waals surface area contributed by atoms with Gasteiger partial charge in [-0.2, -0.15) is 0 Å². The number of hydrogen-bond donors (Lipinski definition) is 1. The zero-order chi connectivity index (χ0) is 21.8. The van der Waals surface area contributed by atoms with Gasteiger partial charge >= 0.3 is 5.97 Å². The van der Waals surface area contributed by atoms with E-state index < -0.39 is 0 Å². The Balaban J connectivity index is 1.36. The normalized spacial score (nSPS) is 14.4. The number of rotatable bonds is 6. The standard InChI is InChI=1S/C24H23ClN2O3S/c25-20-9-5-4-8-18(20)22(28)19-14-21(31-23(19)26)27-12-10-17(11-13-27)24(29)30-15-16-6-2-1-3-7-16/h1-9,14,17H,10-13,15,26H2. The molecule has 0 amide bonds. The Hall–Kier alpha value is -2.83. The lowest BCUT2D eigenvalue weighted by molar-refractivity contribution is -0.150. The molecule has 7 heteroatoms. The Morgan fingerprint density at radius 1 is 1.03 bits per heavy atom. The molecule has 1 aliphatic heterocycles. The van der Waals surface area contributed by atoms with Crippen molar-refractivity contribution >= 4 is 44.7 Å². The third-order valence-corrected chi connectivity index (χ3v) is 6.83. The van der Waals surface area contributed by atoms with E-state index in [1.54, 1.807) is 24.3 Å². The SMILES string of the molecule is Nc1sc(N2CCC(C(=O)OCc3ccccc3)CC2)cc1C(=O)c1ccccc1Cl. The summed E-state index contributed by atoms with van der Waals surface area (Å²) in [6.07, 6.45) is 1.42. The van der Waals surface area contributed by atoms with E-state index in [0.717, 1.165) is 10.6 Å². The van der Waals surface area contributed by atoms with E-state index in [0.29, 0.717) is 53.7 Å². The molecule has 2 heterocycles. The lowest BCUT2D eigenvalue weighted by Gasteiger charge is -2.31. The van der Waals surface area contributed by atoms with Crippen molar-refractivity contribution in [2.24, 2.45) is 5.92 Å². The highest BCUT2D eigenvalue weighted by atomic mass is 35.5. The molecule has 0 bridgehead atoms. The van der Waals surface area contributed by atoms with Crippen LogP contribution in [0.25, 0.3) is 0 Å². The maximum absolute atomic E-state index is 12.9. The van der Waals surface area contributed by atoms with Gasteiger partial charge in [0.25, 0.3) is 0 Å². The van der Waals surface area contributed by atoms with Crippen molar-refractivity contribution in [1.82, 2.24) is 0 Å². The van der Waals surface area contributed by atoms with Crippen molar-refractivity contribution in [1.29, 1.82) is 0 Å². The van der Waals surface area contributed by atoms with Gasteiger partial charge in [0.05, 0.1) is 26.5 Å². The monoisotopic (exact) mass is 454 g/mol. The first-order valence-electron chi connectivity index (χ1n) is 10.2. The molecule has 31 heavy (non-hydrogen) atoms. The molecule has 0 aliphatic carbocycles. The van der Waals surface area contributed by atoms with Gasteiger partial charge in [-0.25, -0.2) is 0 Å². The third kappa shape index (κ3) is 4.92. The summed E-state index contributed by atoms with van der Waals surface area (Å²) < 4.78 is 5.49. The Morgan fingerprint density at radius 2 is 1.71 bits per heavy atom. The number of ketones is 1. The highest BCUT2D eigenvalue weighted by molar-refractivity contribution is 7.20. The van der Waals surface area contributed by atoms with Crippen LogP contribution in [0.3, 0.4) is 0 Å². The van der Waals surface area contributed by atoms with E-state index in [4.69, 9.17) is 22.1 Å². The lowest BCUT2D eigenvalue weighted by atomic mass is 9.97. The molecule has 0 unspecified atom stereocenters. The summed E-state index contributed by atoms with van der Waals surface area (Å²) in [5, 5.41) is 1.82. The predicted molar refractivity (Wildman–Crippen MR) is 125 cm³/mol. The summed E-state index contributed by atoms with van der Waals surface area (Å²) in [7, 11) is 0. The van der Waals surface area contributed by atoms with E-state index in [1.807, 2.05) is 36.4 Å². The van der Waals surface area contributed by atoms with Crippen molar-refractivity contribution in [2.45, 2.75) is 19.4 Å². The Kier molecular flexibility index (Phi) is 6.59. The smallest absolute Gasteiger partial charge is 0.309 e. The fourth-order valence-electron chi connectivity index (χ4n) is 3.70. The number of halogens is 1. The summed E-state index contributed by atoms with van der Waals surface area (Å²) in [4.78, 5) is 27.5. The van der Waals surface area contributed by atoms with E-state index in [-0.39, 0.29) is 17.7 Å². The second-order valence-corrected chi connectivity index (χ2v) is 9.00. The number of anilines is 2. The van der Waals surface area contributed by atoms with Crippen LogP contribution in [0, 0.1) is 5.92 Å². The number of thiophene rings is 1. The Labute approximate surface area is 190 Å². The molecule has 0 radical (unpaired) electrons. The molecule has 2 N–H and O–H groups in total. The molecule has 5 nitrogen and oxygen atoms in total. The number of esters is 1. The number of nitrogens with two attached hydrogens (primary N) is 1. The largest absolute Gasteiger partial charge is 0.461 e. The van der Waals surface area contributed by atoms with Crippen LogP contribution in [0.1, 0.15) is 34.3 Å². The number of piperidine rings is 1. The number of nitrogen functional groups attached to an aromatic ring is 1. The molecule has 1 aliphatic rings. The van der Waals surface area contributed by atoms with E-state index in [2.05, 4.69) is 4.90 Å². The van der Waals surface area contributed by atoms with Crippen LogP contribution in [0.5, 0.6) is 0 Å². The average Bonchev–Trinajstić information content (AvgIpc) is 3.19. The second kappa shape index (κ2) is 9.54. The molecule has 1 fully saturated rings. The minimum absolute atomic E-state index is 0.110. The number of carbonyl (C=O) groups excluding carboxylic acids is 2. The number of hydrogen-bond acceptors (Lipinski definition) is 6. The van der Waals surface area contributed by atoms with Crippen molar-refractivity contribution < 1.29 is 14.3 Å². The number of nitrogens with zero attached hydrogens (tertiary/aromatic N) is 1. The molecular formula is C24H23ClN2O3S. The van der Waals surface area contributed by atoms with Crippen molar-refractivity contribution in [3.63, 3.8) is 0 Å². The van der Waals surface area contributed by atoms with Crippen molar-refractivity contribution in [3.05, 3.63) is 82.4 Å². The molecule has 160 valence electrons. The van der Waals surface area contributed by atoms with Crippen LogP contribution < -0.4 is 10.6 Å². The van der Waals surface area contributed by atoms with Gasteiger partial charge in [-0.1, -0.05) is 54.1 Å². The van der Waals surface area contributed by atoms with Gasteiger partial charge in [-0.3, -0.25) is 9.59 Å². The fraction of sp³-hybridized carbons (Fsp3) is 0.250. The zero-order valence-corrected chi connectivity index (χ0v) is 18.5. The molecule has 4 rings (SSSR count). The van der Waals surface area contributed by atoms with Gasteiger partial charge in [-0.15, -0.1) is 11.3 Å². The molecule has 0 spiro atoms. The number of carbonyl (C=O) groups is 2. The molecule has 1 aromatic heterocycles. The van der Waals surface area contributed by atoms with Crippen LogP contribution >= 0.6 is 22.9 Å². The van der Waals surface area contributed by atoms with Crippen LogP contribution in [-0.4, -0.2) is 24.8 Å². The van der Waals surface area contributed by atoms with Gasteiger partial charge < -0.3 is 15.4 Å². The molecule has 0 saturated carbocycles. The summed E-state index contributed by atoms with van der Waals surface area (Å²) in [5.74, 6) is -0.435. The van der Waals surface area contributed by atoms with Gasteiger partial charge in [0, 0.05) is 18.7 Å². The zero-order valence-electron chi connectivity index (χ0n) is 16.9. The van der Waals surface area contributed by atoms with Crippen molar-refractivity contribution in [2.75, 3.05) is 23.7 Å². The molecule has 0 atom stereocenters. The lowest BCUT2D eigenvalue weighted by Crippen LogP contribution is -2.36. The summed E-state index contributed by atoms with van der Waals surface area (Å²) in [6, 6.07) is 18.5. The minimum Gasteiger partial charge on any atom is -0.461 e. The second-order valence-electron chi connectivity index (χ2n) is 7.53. The molecule has 1 saturated heterocycles. The van der Waals surface area contributed by atoms with Gasteiger partial charge in [0.2, 0.25) is 0 Å². The highest BCUT2D eigenvalue weighted by Crippen LogP contribution is 2.36. The van der Waals surface area contributed by atoms with E-state index in [1.165, 1.54) is 11.3 Å². The Morgan fingerprint density at radius 3 is 2.42 bits per heavy atom. The quantitative estimate of drug-likeness (QED) is 0.410. The van der Waals surface area contributed by atoms with E-state index in [9.17, 15) is 9.59 Å². The maximum atomic E-state index is 12.9. The van der Waals surface area contributed by atoms with Crippen LogP contribution in [0.15, 0.2) is 60.7 Å². The maximum Gasteiger partial charge on any atom is 0.309 e. The van der Waals surface area contributed by atoms with E-state index >= 15 is 0 Å². The van der Waals surface area contributed by atoms with Crippen LogP contribution in [0.4, 0.5) is 10.0 Å². The topological polar surface area (TPSA) is 72.6 Å². The summed E-state index contributed by atoms with van der Waals surface area (Å²) in [6.45, 7) is 1.73. The number of benzene rings is 2. The molecule has 3 aromatic rings. The highest BCUT2D eigenvalue weighted by Gasteiger charge is 2.28. The molecule has 2 aromatic carbocycles. The van der Waals surface area contributed by atoms with Crippen LogP contribution in [-0.2, 0) is 16.1 Å². The van der Waals surface area contributed by atoms with Gasteiger partial charge in [0.1, 0.15) is 6.61 Å². The predicted octanol–water partition coefficient (Wildman–Crippen LogP) is 5.17. The summed E-state index contributed by atoms with van der Waals surface area (Å²) >= 11 is 7.57.